The van der Waals surface area contributed by atoms with E-state index in [0.29, 0.717) is 42.3 Å². The van der Waals surface area contributed by atoms with Crippen LogP contribution in [0.15, 0.2) is 53.2 Å². The lowest BCUT2D eigenvalue weighted by Crippen LogP contribution is -2.53. The van der Waals surface area contributed by atoms with Crippen molar-refractivity contribution in [2.75, 3.05) is 6.61 Å². The third-order valence-electron chi connectivity index (χ3n) is 8.42. The molecule has 2 aliphatic rings. The van der Waals surface area contributed by atoms with Gasteiger partial charge in [0.1, 0.15) is 17.9 Å². The molecule has 0 amide bonds. The molecule has 7 nitrogen and oxygen atoms in total. The van der Waals surface area contributed by atoms with Crippen LogP contribution in [0.3, 0.4) is 0 Å². The standard InChI is InChI=1S/C34H42O7/c1-5-11-24(28-18-29(36)34(33(37)40-28)30(6-2)41-34)27-20-39-32-25(27)17-23(16-21(3)4)31(26(32)19-35)38-15-10-14-22-12-8-7-9-13-22/h7-10,12-14,17,19-21,24,28-30,33,36-37H,5-6,11,15-16,18H2,1-4H3/b14-10+/t24?,28-,29-,30+,33-,34+/m1/s1. The highest BCUT2D eigenvalue weighted by Crippen LogP contribution is 2.51. The first-order valence-electron chi connectivity index (χ1n) is 14.9. The number of ether oxygens (including phenoxy) is 3. The second-order valence-electron chi connectivity index (χ2n) is 11.7. The monoisotopic (exact) mass is 562 g/mol. The summed E-state index contributed by atoms with van der Waals surface area (Å²) in [6.07, 6.45) is 7.19. The summed E-state index contributed by atoms with van der Waals surface area (Å²) in [7, 11) is 0. The van der Waals surface area contributed by atoms with Gasteiger partial charge in [0.05, 0.1) is 30.1 Å². The van der Waals surface area contributed by atoms with Gasteiger partial charge in [-0.3, -0.25) is 4.79 Å². The first-order valence-corrected chi connectivity index (χ1v) is 14.9. The van der Waals surface area contributed by atoms with Crippen LogP contribution in [0.1, 0.15) is 86.3 Å². The van der Waals surface area contributed by atoms with Crippen LogP contribution in [-0.2, 0) is 15.9 Å². The number of hydrogen-bond donors (Lipinski definition) is 2. The second kappa shape index (κ2) is 12.5. The molecular formula is C34H42O7. The zero-order valence-corrected chi connectivity index (χ0v) is 24.4. The van der Waals surface area contributed by atoms with Gasteiger partial charge in [0, 0.05) is 23.3 Å². The van der Waals surface area contributed by atoms with E-state index in [1.807, 2.05) is 49.4 Å². The van der Waals surface area contributed by atoms with Gasteiger partial charge in [-0.15, -0.1) is 0 Å². The number of rotatable bonds is 12. The van der Waals surface area contributed by atoms with Crippen molar-refractivity contribution in [1.29, 1.82) is 0 Å². The Morgan fingerprint density at radius 3 is 2.59 bits per heavy atom. The van der Waals surface area contributed by atoms with Crippen molar-refractivity contribution in [3.05, 3.63) is 71.0 Å². The quantitative estimate of drug-likeness (QED) is 0.194. The average Bonchev–Trinajstić information content (AvgIpc) is 3.57. The van der Waals surface area contributed by atoms with Crippen LogP contribution in [0.25, 0.3) is 17.0 Å². The molecule has 0 bridgehead atoms. The molecule has 5 rings (SSSR count). The van der Waals surface area contributed by atoms with Gasteiger partial charge in [-0.25, -0.2) is 0 Å². The molecule has 2 aromatic carbocycles. The van der Waals surface area contributed by atoms with E-state index in [4.69, 9.17) is 18.6 Å². The zero-order chi connectivity index (χ0) is 29.1. The number of carbonyl (C=O) groups excluding carboxylic acids is 1. The van der Waals surface area contributed by atoms with E-state index >= 15 is 0 Å². The summed E-state index contributed by atoms with van der Waals surface area (Å²) in [5, 5.41) is 22.8. The maximum atomic E-state index is 12.5. The highest BCUT2D eigenvalue weighted by atomic mass is 16.7. The third kappa shape index (κ3) is 5.73. The molecule has 1 aromatic heterocycles. The summed E-state index contributed by atoms with van der Waals surface area (Å²) in [4.78, 5) is 12.5. The minimum absolute atomic E-state index is 0.145. The summed E-state index contributed by atoms with van der Waals surface area (Å²) < 4.78 is 24.2. The lowest BCUT2D eigenvalue weighted by Gasteiger charge is -2.39. The molecule has 3 aromatic rings. The summed E-state index contributed by atoms with van der Waals surface area (Å²) >= 11 is 0. The van der Waals surface area contributed by atoms with Crippen molar-refractivity contribution in [2.45, 2.75) is 95.9 Å². The lowest BCUT2D eigenvalue weighted by molar-refractivity contribution is -0.236. The number of aliphatic hydroxyl groups is 2. The van der Waals surface area contributed by atoms with Crippen LogP contribution >= 0.6 is 0 Å². The number of aliphatic hydroxyl groups excluding tert-OH is 2. The molecule has 0 aliphatic carbocycles. The van der Waals surface area contributed by atoms with Gasteiger partial charge in [0.2, 0.25) is 0 Å². The molecule has 6 atom stereocenters. The fraction of sp³-hybridized carbons (Fsp3) is 0.500. The molecule has 0 saturated carbocycles. The van der Waals surface area contributed by atoms with E-state index < -0.39 is 24.1 Å². The van der Waals surface area contributed by atoms with E-state index in [2.05, 4.69) is 26.8 Å². The summed E-state index contributed by atoms with van der Waals surface area (Å²) in [6.45, 7) is 8.65. The Morgan fingerprint density at radius 2 is 1.95 bits per heavy atom. The van der Waals surface area contributed by atoms with E-state index in [1.165, 1.54) is 0 Å². The van der Waals surface area contributed by atoms with Crippen molar-refractivity contribution >= 4 is 23.3 Å². The van der Waals surface area contributed by atoms with Crippen molar-refractivity contribution in [1.82, 2.24) is 0 Å². The molecule has 3 heterocycles. The van der Waals surface area contributed by atoms with E-state index in [-0.39, 0.29) is 12.0 Å². The SMILES string of the molecule is CCCC(c1coc2c(C=O)c(OC/C=C/c3ccccc3)c(CC(C)C)cc12)[C@H]1C[C@@H](O)[C@@]2(O[C@H]2CC)[C@H](O)O1. The number of aldehydes is 1. The van der Waals surface area contributed by atoms with Gasteiger partial charge in [-0.1, -0.05) is 70.5 Å². The Bertz CT molecular complexity index is 1350. The number of epoxide rings is 1. The first-order chi connectivity index (χ1) is 19.8. The first kappa shape index (κ1) is 29.5. The smallest absolute Gasteiger partial charge is 0.189 e. The average molecular weight is 563 g/mol. The van der Waals surface area contributed by atoms with Crippen molar-refractivity contribution in [3.8, 4) is 5.75 Å². The van der Waals surface area contributed by atoms with Crippen molar-refractivity contribution in [3.63, 3.8) is 0 Å². The summed E-state index contributed by atoms with van der Waals surface area (Å²) in [6, 6.07) is 12.1. The fourth-order valence-electron chi connectivity index (χ4n) is 6.42. The maximum absolute atomic E-state index is 12.5. The lowest BCUT2D eigenvalue weighted by atomic mass is 9.80. The predicted octanol–water partition coefficient (Wildman–Crippen LogP) is 6.44. The maximum Gasteiger partial charge on any atom is 0.189 e. The van der Waals surface area contributed by atoms with Crippen LogP contribution < -0.4 is 4.74 Å². The van der Waals surface area contributed by atoms with Crippen LogP contribution in [-0.4, -0.2) is 53.3 Å². The van der Waals surface area contributed by atoms with Gasteiger partial charge in [0.15, 0.2) is 18.2 Å². The van der Waals surface area contributed by atoms with Gasteiger partial charge >= 0.3 is 0 Å². The highest BCUT2D eigenvalue weighted by molar-refractivity contribution is 6.00. The Hall–Kier alpha value is -2.97. The largest absolute Gasteiger partial charge is 0.488 e. The molecule has 41 heavy (non-hydrogen) atoms. The Balaban J connectivity index is 1.47. The van der Waals surface area contributed by atoms with Gasteiger partial charge in [-0.2, -0.15) is 0 Å². The minimum Gasteiger partial charge on any atom is -0.488 e. The minimum atomic E-state index is -1.20. The molecular weight excluding hydrogens is 520 g/mol. The molecule has 7 heteroatoms. The fourth-order valence-corrected chi connectivity index (χ4v) is 6.42. The topological polar surface area (TPSA) is 102 Å². The third-order valence-corrected chi connectivity index (χ3v) is 8.42. The molecule has 1 spiro atoms. The molecule has 0 radical (unpaired) electrons. The normalized spacial score (nSPS) is 26.7. The van der Waals surface area contributed by atoms with Crippen LogP contribution in [0.2, 0.25) is 0 Å². The predicted molar refractivity (Wildman–Crippen MR) is 158 cm³/mol. The van der Waals surface area contributed by atoms with E-state index in [9.17, 15) is 15.0 Å². The number of furan rings is 1. The van der Waals surface area contributed by atoms with Crippen LogP contribution in [0.5, 0.6) is 5.75 Å². The van der Waals surface area contributed by atoms with Crippen molar-refractivity contribution in [2.24, 2.45) is 5.92 Å². The van der Waals surface area contributed by atoms with Crippen molar-refractivity contribution < 1.29 is 33.6 Å². The molecule has 2 N–H and O–H groups in total. The molecule has 220 valence electrons. The van der Waals surface area contributed by atoms with E-state index in [1.54, 1.807) is 6.26 Å². The Kier molecular flexibility index (Phi) is 9.00. The summed E-state index contributed by atoms with van der Waals surface area (Å²) in [5.41, 5.74) is 2.78. The van der Waals surface area contributed by atoms with Gasteiger partial charge < -0.3 is 28.8 Å². The molecule has 2 fully saturated rings. The molecule has 2 aliphatic heterocycles. The van der Waals surface area contributed by atoms with Gasteiger partial charge in [0.25, 0.3) is 0 Å². The van der Waals surface area contributed by atoms with E-state index in [0.717, 1.165) is 47.6 Å². The van der Waals surface area contributed by atoms with Gasteiger partial charge in [-0.05, 0) is 48.4 Å². The van der Waals surface area contributed by atoms with Crippen LogP contribution in [0, 0.1) is 5.92 Å². The Labute approximate surface area is 242 Å². The highest BCUT2D eigenvalue weighted by Gasteiger charge is 2.68. The number of benzene rings is 2. The number of fused-ring (bicyclic) bond motifs is 1. The second-order valence-corrected chi connectivity index (χ2v) is 11.7. The Morgan fingerprint density at radius 1 is 1.17 bits per heavy atom. The number of carbonyl (C=O) groups is 1. The summed E-state index contributed by atoms with van der Waals surface area (Å²) in [5.74, 6) is 0.739. The van der Waals surface area contributed by atoms with Crippen LogP contribution in [0.4, 0.5) is 0 Å². The molecule has 1 unspecified atom stereocenters. The number of hydrogen-bond acceptors (Lipinski definition) is 7. The molecule has 2 saturated heterocycles. The zero-order valence-electron chi connectivity index (χ0n) is 24.4.